The van der Waals surface area contributed by atoms with Gasteiger partial charge in [-0.25, -0.2) is 9.48 Å². The summed E-state index contributed by atoms with van der Waals surface area (Å²) in [5.74, 6) is -2.64. The van der Waals surface area contributed by atoms with Crippen molar-refractivity contribution in [3.63, 3.8) is 0 Å². The van der Waals surface area contributed by atoms with Crippen molar-refractivity contribution in [2.45, 2.75) is 57.3 Å². The fraction of sp³-hybridized carbons (Fsp3) is 0.364. The number of aromatic nitrogens is 2. The molecule has 2 amide bonds. The molecule has 1 aliphatic heterocycles. The minimum atomic E-state index is -1.47. The second-order valence-corrected chi connectivity index (χ2v) is 12.5. The Morgan fingerprint density at radius 2 is 1.70 bits per heavy atom. The lowest BCUT2D eigenvalue weighted by Gasteiger charge is -2.33. The van der Waals surface area contributed by atoms with Gasteiger partial charge in [-0.3, -0.25) is 14.4 Å². The standard InChI is InChI=1S/C33H37N5O5/c1-5-22-17-33(22,31(42)43)36-28(39)25-16-23(19-37(25)30(41)27(34)32(2,3)4)38-29(40)26(21-14-10-7-11-15-21)24(18-35-38)20-12-8-6-9-13-20/h5-15,18,22-23,25,27H,1,16-17,19,34H2,2-4H3,(H,36,39)(H,42,43)/t22-,23-,25+,27-,33-/m1/s1. The van der Waals surface area contributed by atoms with Gasteiger partial charge in [0.2, 0.25) is 11.8 Å². The van der Waals surface area contributed by atoms with E-state index in [2.05, 4.69) is 17.0 Å². The molecule has 1 saturated carbocycles. The van der Waals surface area contributed by atoms with Crippen LogP contribution in [0.2, 0.25) is 0 Å². The Balaban J connectivity index is 1.55. The summed E-state index contributed by atoms with van der Waals surface area (Å²) in [6.07, 6.45) is 3.42. The van der Waals surface area contributed by atoms with Gasteiger partial charge >= 0.3 is 5.97 Å². The molecule has 0 bridgehead atoms. The summed E-state index contributed by atoms with van der Waals surface area (Å²) in [4.78, 5) is 55.1. The fourth-order valence-electron chi connectivity index (χ4n) is 5.80. The summed E-state index contributed by atoms with van der Waals surface area (Å²) in [6, 6.07) is 16.1. The van der Waals surface area contributed by atoms with Crippen LogP contribution in [0.15, 0.2) is 84.3 Å². The second kappa shape index (κ2) is 11.3. The minimum absolute atomic E-state index is 0.0114. The molecule has 0 unspecified atom stereocenters. The highest BCUT2D eigenvalue weighted by atomic mass is 16.4. The summed E-state index contributed by atoms with van der Waals surface area (Å²) in [6.45, 7) is 9.18. The molecule has 0 spiro atoms. The molecule has 2 fully saturated rings. The molecule has 2 heterocycles. The summed E-state index contributed by atoms with van der Waals surface area (Å²) in [7, 11) is 0. The van der Waals surface area contributed by atoms with Crippen molar-refractivity contribution in [3.05, 3.63) is 89.9 Å². The van der Waals surface area contributed by atoms with Crippen molar-refractivity contribution in [1.29, 1.82) is 0 Å². The Kier molecular flexibility index (Phi) is 7.83. The van der Waals surface area contributed by atoms with Crippen LogP contribution in [0, 0.1) is 11.3 Å². The van der Waals surface area contributed by atoms with E-state index in [9.17, 15) is 24.3 Å². The van der Waals surface area contributed by atoms with Crippen molar-refractivity contribution >= 4 is 17.8 Å². The molecule has 5 atom stereocenters. The Labute approximate surface area is 250 Å². The summed E-state index contributed by atoms with van der Waals surface area (Å²) >= 11 is 0. The van der Waals surface area contributed by atoms with Gasteiger partial charge in [-0.2, -0.15) is 5.10 Å². The third kappa shape index (κ3) is 5.50. The molecule has 2 aromatic carbocycles. The Bertz CT molecular complexity index is 1610. The number of hydrogen-bond acceptors (Lipinski definition) is 6. The van der Waals surface area contributed by atoms with Crippen LogP contribution in [-0.4, -0.2) is 61.7 Å². The van der Waals surface area contributed by atoms with Crippen LogP contribution in [0.4, 0.5) is 0 Å². The van der Waals surface area contributed by atoms with E-state index < -0.39 is 52.8 Å². The van der Waals surface area contributed by atoms with E-state index in [-0.39, 0.29) is 24.9 Å². The summed E-state index contributed by atoms with van der Waals surface area (Å²) in [5, 5.41) is 17.1. The van der Waals surface area contributed by atoms with Gasteiger partial charge in [0.25, 0.3) is 5.56 Å². The molecular weight excluding hydrogens is 546 g/mol. The zero-order chi connectivity index (χ0) is 31.1. The third-order valence-corrected chi connectivity index (χ3v) is 8.59. The van der Waals surface area contributed by atoms with Crippen LogP contribution in [0.3, 0.4) is 0 Å². The monoisotopic (exact) mass is 583 g/mol. The van der Waals surface area contributed by atoms with Crippen molar-refractivity contribution < 1.29 is 19.5 Å². The highest BCUT2D eigenvalue weighted by Crippen LogP contribution is 2.45. The van der Waals surface area contributed by atoms with Crippen molar-refractivity contribution in [2.75, 3.05) is 6.54 Å². The molecule has 43 heavy (non-hydrogen) atoms. The highest BCUT2D eigenvalue weighted by Gasteiger charge is 2.61. The minimum Gasteiger partial charge on any atom is -0.479 e. The normalized spacial score (nSPS) is 23.8. The number of likely N-dealkylation sites (tertiary alicyclic amines) is 1. The van der Waals surface area contributed by atoms with Crippen molar-refractivity contribution in [2.24, 2.45) is 17.1 Å². The number of nitrogens with two attached hydrogens (primary N) is 1. The Morgan fingerprint density at radius 3 is 2.23 bits per heavy atom. The average molecular weight is 584 g/mol. The maximum absolute atomic E-state index is 14.2. The molecular formula is C33H37N5O5. The number of benzene rings is 2. The van der Waals surface area contributed by atoms with Gasteiger partial charge in [0, 0.05) is 24.4 Å². The van der Waals surface area contributed by atoms with E-state index in [1.165, 1.54) is 15.7 Å². The SMILES string of the molecule is C=C[C@@H]1C[C@]1(NC(=O)[C@@H]1C[C@@H](n2ncc(-c3ccccc3)c(-c3ccccc3)c2=O)CN1C(=O)[C@@H](N)C(C)(C)C)C(=O)O. The maximum Gasteiger partial charge on any atom is 0.330 e. The lowest BCUT2D eigenvalue weighted by Crippen LogP contribution is -2.57. The first kappa shape index (κ1) is 29.9. The number of nitrogens with one attached hydrogen (secondary N) is 1. The van der Waals surface area contributed by atoms with Gasteiger partial charge in [0.05, 0.1) is 23.8 Å². The topological polar surface area (TPSA) is 148 Å². The maximum atomic E-state index is 14.2. The van der Waals surface area contributed by atoms with E-state index >= 15 is 0 Å². The smallest absolute Gasteiger partial charge is 0.330 e. The highest BCUT2D eigenvalue weighted by molar-refractivity contribution is 5.95. The molecule has 0 radical (unpaired) electrons. The zero-order valence-corrected chi connectivity index (χ0v) is 24.6. The van der Waals surface area contributed by atoms with Crippen LogP contribution in [-0.2, 0) is 14.4 Å². The number of aliphatic carboxylic acids is 1. The fourth-order valence-corrected chi connectivity index (χ4v) is 5.80. The van der Waals surface area contributed by atoms with Gasteiger partial charge in [-0.1, -0.05) is 87.5 Å². The van der Waals surface area contributed by atoms with E-state index in [1.807, 2.05) is 81.4 Å². The number of carboxylic acid groups (broad SMARTS) is 1. The lowest BCUT2D eigenvalue weighted by atomic mass is 9.86. The molecule has 3 aromatic rings. The number of hydrogen-bond donors (Lipinski definition) is 3. The first-order chi connectivity index (χ1) is 20.4. The number of nitrogens with zero attached hydrogens (tertiary/aromatic N) is 3. The number of carbonyl (C=O) groups is 3. The number of carboxylic acids is 1. The van der Waals surface area contributed by atoms with Gasteiger partial charge in [0.1, 0.15) is 11.6 Å². The molecule has 2 aliphatic rings. The molecule has 1 saturated heterocycles. The van der Waals surface area contributed by atoms with Crippen molar-refractivity contribution in [1.82, 2.24) is 20.0 Å². The quantitative estimate of drug-likeness (QED) is 0.345. The van der Waals surface area contributed by atoms with E-state index in [0.717, 1.165) is 5.56 Å². The third-order valence-electron chi connectivity index (χ3n) is 8.59. The van der Waals surface area contributed by atoms with Gasteiger partial charge in [-0.15, -0.1) is 6.58 Å². The van der Waals surface area contributed by atoms with E-state index in [1.54, 1.807) is 6.20 Å². The second-order valence-electron chi connectivity index (χ2n) is 12.5. The first-order valence-corrected chi connectivity index (χ1v) is 14.4. The van der Waals surface area contributed by atoms with Crippen molar-refractivity contribution in [3.8, 4) is 22.3 Å². The van der Waals surface area contributed by atoms with Crippen LogP contribution in [0.25, 0.3) is 22.3 Å². The van der Waals surface area contributed by atoms with Crippen LogP contribution >= 0.6 is 0 Å². The largest absolute Gasteiger partial charge is 0.479 e. The number of amides is 2. The molecule has 1 aromatic heterocycles. The van der Waals surface area contributed by atoms with E-state index in [0.29, 0.717) is 16.7 Å². The number of rotatable bonds is 8. The first-order valence-electron chi connectivity index (χ1n) is 14.4. The lowest BCUT2D eigenvalue weighted by molar-refractivity contribution is -0.146. The molecule has 4 N–H and O–H groups in total. The van der Waals surface area contributed by atoms with Gasteiger partial charge in [-0.05, 0) is 23.0 Å². The predicted molar refractivity (Wildman–Crippen MR) is 163 cm³/mol. The number of carbonyl (C=O) groups excluding carboxylic acids is 2. The van der Waals surface area contributed by atoms with Crippen LogP contribution in [0.5, 0.6) is 0 Å². The predicted octanol–water partition coefficient (Wildman–Crippen LogP) is 3.24. The molecule has 224 valence electrons. The van der Waals surface area contributed by atoms with Gasteiger partial charge in [0.15, 0.2) is 0 Å². The molecule has 10 nitrogen and oxygen atoms in total. The average Bonchev–Trinajstić information content (AvgIpc) is 3.54. The van der Waals surface area contributed by atoms with Crippen LogP contribution in [0.1, 0.15) is 39.7 Å². The Hall–Kier alpha value is -4.57. The Morgan fingerprint density at radius 1 is 1.09 bits per heavy atom. The molecule has 5 rings (SSSR count). The summed E-state index contributed by atoms with van der Waals surface area (Å²) < 4.78 is 1.33. The molecule has 1 aliphatic carbocycles. The van der Waals surface area contributed by atoms with E-state index in [4.69, 9.17) is 5.73 Å². The summed E-state index contributed by atoms with van der Waals surface area (Å²) in [5.41, 5.74) is 6.58. The molecule has 10 heteroatoms. The van der Waals surface area contributed by atoms with Crippen LogP contribution < -0.4 is 16.6 Å². The zero-order valence-electron chi connectivity index (χ0n) is 24.6. The van der Waals surface area contributed by atoms with Gasteiger partial charge < -0.3 is 21.1 Å².